The van der Waals surface area contributed by atoms with Crippen molar-refractivity contribution in [2.75, 3.05) is 19.8 Å². The average molecular weight is 268 g/mol. The number of ether oxygens (including phenoxy) is 2. The van der Waals surface area contributed by atoms with E-state index in [0.29, 0.717) is 11.5 Å². The van der Waals surface area contributed by atoms with Gasteiger partial charge in [0.1, 0.15) is 0 Å². The first-order valence-electron chi connectivity index (χ1n) is 8.19. The molecule has 2 aliphatic rings. The molecule has 2 aliphatic heterocycles. The van der Waals surface area contributed by atoms with Crippen molar-refractivity contribution in [3.63, 3.8) is 0 Å². The molecule has 0 saturated carbocycles. The van der Waals surface area contributed by atoms with Crippen molar-refractivity contribution in [2.24, 2.45) is 23.2 Å². The minimum Gasteiger partial charge on any atom is -0.381 e. The first-order chi connectivity index (χ1) is 8.99. The summed E-state index contributed by atoms with van der Waals surface area (Å²) in [4.78, 5) is 0. The maximum atomic E-state index is 5.88. The third-order valence-corrected chi connectivity index (χ3v) is 4.87. The van der Waals surface area contributed by atoms with Crippen LogP contribution in [0.15, 0.2) is 0 Å². The van der Waals surface area contributed by atoms with Crippen molar-refractivity contribution in [3.8, 4) is 0 Å². The van der Waals surface area contributed by atoms with Gasteiger partial charge in [0.25, 0.3) is 0 Å². The summed E-state index contributed by atoms with van der Waals surface area (Å²) in [6, 6.07) is 0. The Hall–Kier alpha value is -0.0800. The van der Waals surface area contributed by atoms with Crippen LogP contribution in [-0.2, 0) is 9.47 Å². The zero-order valence-corrected chi connectivity index (χ0v) is 13.3. The van der Waals surface area contributed by atoms with E-state index in [9.17, 15) is 0 Å². The Balaban J connectivity index is 1.74. The summed E-state index contributed by atoms with van der Waals surface area (Å²) in [5.74, 6) is 2.34. The van der Waals surface area contributed by atoms with E-state index in [0.717, 1.165) is 37.6 Å². The maximum absolute atomic E-state index is 5.88. The fourth-order valence-corrected chi connectivity index (χ4v) is 3.99. The zero-order chi connectivity index (χ0) is 13.9. The lowest BCUT2D eigenvalue weighted by molar-refractivity contribution is -0.192. The standard InChI is InChI=1S/C17H32O2/c1-13(2)10-17(4)12-19-16(17)9-14(3)8-15-6-5-7-18-11-15/h13-16H,5-12H2,1-4H3. The SMILES string of the molecule is CC(C)CC1(C)COC1CC(C)CC1CCCOC1. The summed E-state index contributed by atoms with van der Waals surface area (Å²) in [5, 5.41) is 0. The lowest BCUT2D eigenvalue weighted by atomic mass is 9.70. The molecule has 2 rings (SSSR count). The van der Waals surface area contributed by atoms with Crippen LogP contribution < -0.4 is 0 Å². The van der Waals surface area contributed by atoms with E-state index in [4.69, 9.17) is 9.47 Å². The maximum Gasteiger partial charge on any atom is 0.0653 e. The molecule has 0 aromatic heterocycles. The predicted octanol–water partition coefficient (Wildman–Crippen LogP) is 4.28. The molecule has 19 heavy (non-hydrogen) atoms. The third-order valence-electron chi connectivity index (χ3n) is 4.87. The quantitative estimate of drug-likeness (QED) is 0.716. The van der Waals surface area contributed by atoms with Gasteiger partial charge in [-0.05, 0) is 49.9 Å². The molecule has 2 fully saturated rings. The molecule has 0 bridgehead atoms. The van der Waals surface area contributed by atoms with Crippen molar-refractivity contribution in [2.45, 2.75) is 65.9 Å². The van der Waals surface area contributed by atoms with Gasteiger partial charge in [0, 0.05) is 18.6 Å². The summed E-state index contributed by atoms with van der Waals surface area (Å²) in [5.41, 5.74) is 0.436. The summed E-state index contributed by atoms with van der Waals surface area (Å²) in [6.45, 7) is 12.4. The molecular weight excluding hydrogens is 236 g/mol. The summed E-state index contributed by atoms with van der Waals surface area (Å²) < 4.78 is 11.5. The highest BCUT2D eigenvalue weighted by Gasteiger charge is 2.44. The molecule has 0 aromatic carbocycles. The molecule has 112 valence electrons. The molecule has 4 unspecified atom stereocenters. The van der Waals surface area contributed by atoms with Gasteiger partial charge in [0.2, 0.25) is 0 Å². The van der Waals surface area contributed by atoms with E-state index < -0.39 is 0 Å². The van der Waals surface area contributed by atoms with Gasteiger partial charge >= 0.3 is 0 Å². The molecular formula is C17H32O2. The molecule has 4 atom stereocenters. The van der Waals surface area contributed by atoms with E-state index >= 15 is 0 Å². The molecule has 2 saturated heterocycles. The molecule has 0 aliphatic carbocycles. The van der Waals surface area contributed by atoms with E-state index in [2.05, 4.69) is 27.7 Å². The predicted molar refractivity (Wildman–Crippen MR) is 79.2 cm³/mol. The Morgan fingerprint density at radius 1 is 1.21 bits per heavy atom. The zero-order valence-electron chi connectivity index (χ0n) is 13.3. The van der Waals surface area contributed by atoms with Crippen LogP contribution in [0.3, 0.4) is 0 Å². The van der Waals surface area contributed by atoms with Gasteiger partial charge in [-0.3, -0.25) is 0 Å². The van der Waals surface area contributed by atoms with Gasteiger partial charge in [-0.2, -0.15) is 0 Å². The van der Waals surface area contributed by atoms with E-state index in [1.807, 2.05) is 0 Å². The number of hydrogen-bond donors (Lipinski definition) is 0. The van der Waals surface area contributed by atoms with Crippen LogP contribution >= 0.6 is 0 Å². The van der Waals surface area contributed by atoms with Gasteiger partial charge in [-0.25, -0.2) is 0 Å². The Bertz CT molecular complexity index is 270. The smallest absolute Gasteiger partial charge is 0.0653 e. The first kappa shape index (κ1) is 15.3. The molecule has 2 nitrogen and oxygen atoms in total. The monoisotopic (exact) mass is 268 g/mol. The normalized spacial score (nSPS) is 37.1. The van der Waals surface area contributed by atoms with Gasteiger partial charge < -0.3 is 9.47 Å². The fourth-order valence-electron chi connectivity index (χ4n) is 3.99. The van der Waals surface area contributed by atoms with Crippen LogP contribution in [0, 0.1) is 23.2 Å². The summed E-state index contributed by atoms with van der Waals surface area (Å²) in [7, 11) is 0. The van der Waals surface area contributed by atoms with Crippen LogP contribution in [-0.4, -0.2) is 25.9 Å². The van der Waals surface area contributed by atoms with Gasteiger partial charge in [0.15, 0.2) is 0 Å². The van der Waals surface area contributed by atoms with Crippen LogP contribution in [0.4, 0.5) is 0 Å². The van der Waals surface area contributed by atoms with Gasteiger partial charge in [0.05, 0.1) is 12.7 Å². The van der Waals surface area contributed by atoms with Crippen molar-refractivity contribution in [1.29, 1.82) is 0 Å². The molecule has 0 amide bonds. The van der Waals surface area contributed by atoms with Gasteiger partial charge in [-0.1, -0.05) is 27.7 Å². The largest absolute Gasteiger partial charge is 0.381 e. The van der Waals surface area contributed by atoms with Crippen molar-refractivity contribution >= 4 is 0 Å². The highest BCUT2D eigenvalue weighted by atomic mass is 16.5. The molecule has 0 radical (unpaired) electrons. The molecule has 2 heteroatoms. The Morgan fingerprint density at radius 2 is 2.00 bits per heavy atom. The fraction of sp³-hybridized carbons (Fsp3) is 1.00. The second-order valence-electron chi connectivity index (χ2n) is 7.71. The van der Waals surface area contributed by atoms with E-state index in [-0.39, 0.29) is 0 Å². The highest BCUT2D eigenvalue weighted by molar-refractivity contribution is 4.92. The molecule has 2 heterocycles. The molecule has 0 N–H and O–H groups in total. The Morgan fingerprint density at radius 3 is 2.53 bits per heavy atom. The Kier molecular flexibility index (Phi) is 5.30. The topological polar surface area (TPSA) is 18.5 Å². The van der Waals surface area contributed by atoms with Crippen LogP contribution in [0.5, 0.6) is 0 Å². The highest BCUT2D eigenvalue weighted by Crippen LogP contribution is 2.43. The lowest BCUT2D eigenvalue weighted by Crippen LogP contribution is -2.51. The van der Waals surface area contributed by atoms with Crippen LogP contribution in [0.1, 0.15) is 59.8 Å². The molecule has 0 aromatic rings. The minimum absolute atomic E-state index is 0.436. The van der Waals surface area contributed by atoms with E-state index in [1.54, 1.807) is 0 Å². The van der Waals surface area contributed by atoms with Crippen LogP contribution in [0.25, 0.3) is 0 Å². The molecule has 0 spiro atoms. The summed E-state index contributed by atoms with van der Waals surface area (Å²) in [6.07, 6.45) is 6.96. The minimum atomic E-state index is 0.436. The second-order valence-corrected chi connectivity index (χ2v) is 7.71. The van der Waals surface area contributed by atoms with Gasteiger partial charge in [-0.15, -0.1) is 0 Å². The second kappa shape index (κ2) is 6.58. The third kappa shape index (κ3) is 4.19. The van der Waals surface area contributed by atoms with Crippen molar-refractivity contribution < 1.29 is 9.47 Å². The van der Waals surface area contributed by atoms with Crippen molar-refractivity contribution in [3.05, 3.63) is 0 Å². The average Bonchev–Trinajstić information content (AvgIpc) is 2.35. The first-order valence-corrected chi connectivity index (χ1v) is 8.19. The number of hydrogen-bond acceptors (Lipinski definition) is 2. The summed E-state index contributed by atoms with van der Waals surface area (Å²) >= 11 is 0. The van der Waals surface area contributed by atoms with E-state index in [1.165, 1.54) is 32.1 Å². The van der Waals surface area contributed by atoms with Crippen LogP contribution in [0.2, 0.25) is 0 Å². The van der Waals surface area contributed by atoms with Crippen molar-refractivity contribution in [1.82, 2.24) is 0 Å². The Labute approximate surface area is 119 Å². The number of rotatable bonds is 6. The lowest BCUT2D eigenvalue weighted by Gasteiger charge is -2.49.